The molecular weight excluding hydrogens is 314 g/mol. The lowest BCUT2D eigenvalue weighted by molar-refractivity contribution is 0.497. The summed E-state index contributed by atoms with van der Waals surface area (Å²) < 4.78 is 7.92. The summed E-state index contributed by atoms with van der Waals surface area (Å²) in [6.45, 7) is 4.21. The van der Waals surface area contributed by atoms with Gasteiger partial charge in [-0.2, -0.15) is 0 Å². The fraction of sp³-hybridized carbons (Fsp3) is 0.263. The third-order valence-corrected chi connectivity index (χ3v) is 3.85. The molecule has 0 aliphatic carbocycles. The zero-order valence-electron chi connectivity index (χ0n) is 14.6. The molecule has 0 aliphatic rings. The minimum atomic E-state index is 0.481. The summed E-state index contributed by atoms with van der Waals surface area (Å²) in [5, 5.41) is 6.48. The number of nitrogens with one attached hydrogen (secondary N) is 2. The van der Waals surface area contributed by atoms with E-state index in [2.05, 4.69) is 44.2 Å². The van der Waals surface area contributed by atoms with Crippen LogP contribution in [0.25, 0.3) is 11.3 Å². The predicted octanol–water partition coefficient (Wildman–Crippen LogP) is 2.82. The first-order chi connectivity index (χ1) is 12.2. The Balaban J connectivity index is 1.49. The molecule has 6 heteroatoms. The Labute approximate surface area is 147 Å². The highest BCUT2D eigenvalue weighted by molar-refractivity contribution is 5.79. The van der Waals surface area contributed by atoms with Gasteiger partial charge in [0.05, 0.1) is 12.7 Å². The molecule has 2 N–H and O–H groups in total. The van der Waals surface area contributed by atoms with E-state index in [0.29, 0.717) is 12.4 Å². The molecule has 0 fully saturated rings. The third-order valence-electron chi connectivity index (χ3n) is 3.85. The van der Waals surface area contributed by atoms with Crippen molar-refractivity contribution in [3.8, 4) is 11.3 Å². The van der Waals surface area contributed by atoms with Gasteiger partial charge in [0, 0.05) is 38.1 Å². The quantitative estimate of drug-likeness (QED) is 0.536. The van der Waals surface area contributed by atoms with E-state index in [9.17, 15) is 0 Å². The second kappa shape index (κ2) is 8.19. The van der Waals surface area contributed by atoms with Gasteiger partial charge in [0.1, 0.15) is 0 Å². The number of aryl methyl sites for hydroxylation is 1. The van der Waals surface area contributed by atoms with Crippen LogP contribution in [0.2, 0.25) is 0 Å². The first-order valence-corrected chi connectivity index (χ1v) is 8.31. The van der Waals surface area contributed by atoms with Crippen molar-refractivity contribution < 1.29 is 4.42 Å². The van der Waals surface area contributed by atoms with Crippen LogP contribution in [0, 0.1) is 6.92 Å². The molecule has 3 rings (SSSR count). The highest BCUT2D eigenvalue weighted by atomic mass is 16.4. The summed E-state index contributed by atoms with van der Waals surface area (Å²) in [5.74, 6) is 2.12. The van der Waals surface area contributed by atoms with Gasteiger partial charge in [-0.05, 0) is 19.1 Å². The van der Waals surface area contributed by atoms with Crippen LogP contribution >= 0.6 is 0 Å². The van der Waals surface area contributed by atoms with Crippen LogP contribution in [0.1, 0.15) is 11.5 Å². The van der Waals surface area contributed by atoms with Crippen LogP contribution in [0.15, 0.2) is 64.4 Å². The van der Waals surface area contributed by atoms with Crippen molar-refractivity contribution in [3.05, 3.63) is 66.4 Å². The highest BCUT2D eigenvalue weighted by Gasteiger charge is 2.07. The average molecular weight is 337 g/mol. The van der Waals surface area contributed by atoms with Crippen LogP contribution in [0.5, 0.6) is 0 Å². The number of benzene rings is 1. The van der Waals surface area contributed by atoms with Crippen LogP contribution in [0.4, 0.5) is 0 Å². The van der Waals surface area contributed by atoms with Gasteiger partial charge < -0.3 is 19.6 Å². The monoisotopic (exact) mass is 337 g/mol. The molecule has 0 saturated heterocycles. The molecule has 0 atom stereocenters. The molecule has 2 aromatic heterocycles. The summed E-state index contributed by atoms with van der Waals surface area (Å²) in [6.07, 6.45) is 5.83. The van der Waals surface area contributed by atoms with Gasteiger partial charge in [-0.25, -0.2) is 4.98 Å². The second-order valence-corrected chi connectivity index (χ2v) is 5.76. The number of guanidine groups is 1. The van der Waals surface area contributed by atoms with Crippen molar-refractivity contribution in [1.29, 1.82) is 0 Å². The molecule has 0 amide bonds. The second-order valence-electron chi connectivity index (χ2n) is 5.76. The van der Waals surface area contributed by atoms with Gasteiger partial charge in [-0.3, -0.25) is 4.99 Å². The van der Waals surface area contributed by atoms with Crippen LogP contribution in [-0.2, 0) is 13.1 Å². The Morgan fingerprint density at radius 3 is 2.64 bits per heavy atom. The molecule has 0 unspecified atom stereocenters. The topological polar surface area (TPSA) is 67.4 Å². The van der Waals surface area contributed by atoms with Gasteiger partial charge >= 0.3 is 0 Å². The lowest BCUT2D eigenvalue weighted by Crippen LogP contribution is -2.38. The Morgan fingerprint density at radius 1 is 1.16 bits per heavy atom. The van der Waals surface area contributed by atoms with E-state index >= 15 is 0 Å². The standard InChI is InChI=1S/C19H23N5O/c1-15-5-7-16(8-6-15)17-13-22-18(25-17)14-23-19(20-2)21-9-12-24-10-3-4-11-24/h3-8,10-11,13H,9,12,14H2,1-2H3,(H2,20,21,23). The van der Waals surface area contributed by atoms with E-state index in [-0.39, 0.29) is 0 Å². The lowest BCUT2D eigenvalue weighted by atomic mass is 10.1. The smallest absolute Gasteiger partial charge is 0.214 e. The SMILES string of the molecule is CN=C(NCCn1cccc1)NCc1ncc(-c2ccc(C)cc2)o1. The van der Waals surface area contributed by atoms with Crippen LogP contribution in [0.3, 0.4) is 0 Å². The maximum atomic E-state index is 5.81. The van der Waals surface area contributed by atoms with Crippen molar-refractivity contribution in [2.45, 2.75) is 20.0 Å². The van der Waals surface area contributed by atoms with Crippen molar-refractivity contribution in [3.63, 3.8) is 0 Å². The van der Waals surface area contributed by atoms with Crippen molar-refractivity contribution in [2.75, 3.05) is 13.6 Å². The number of aliphatic imine (C=N–C) groups is 1. The Bertz CT molecular complexity index is 803. The summed E-state index contributed by atoms with van der Waals surface area (Å²) in [5.41, 5.74) is 2.25. The molecule has 0 saturated carbocycles. The van der Waals surface area contributed by atoms with E-state index in [0.717, 1.165) is 30.4 Å². The molecule has 0 aliphatic heterocycles. The fourth-order valence-corrected chi connectivity index (χ4v) is 2.45. The summed E-state index contributed by atoms with van der Waals surface area (Å²) in [6, 6.07) is 12.2. The minimum absolute atomic E-state index is 0.481. The minimum Gasteiger partial charge on any atom is -0.439 e. The molecule has 6 nitrogen and oxygen atoms in total. The number of aromatic nitrogens is 2. The summed E-state index contributed by atoms with van der Waals surface area (Å²) in [4.78, 5) is 8.54. The number of hydrogen-bond acceptors (Lipinski definition) is 3. The third kappa shape index (κ3) is 4.73. The van der Waals surface area contributed by atoms with Gasteiger partial charge in [0.2, 0.25) is 5.89 Å². The maximum Gasteiger partial charge on any atom is 0.214 e. The van der Waals surface area contributed by atoms with E-state index < -0.39 is 0 Å². The molecule has 0 spiro atoms. The number of oxazole rings is 1. The zero-order valence-corrected chi connectivity index (χ0v) is 14.6. The predicted molar refractivity (Wildman–Crippen MR) is 99.3 cm³/mol. The fourth-order valence-electron chi connectivity index (χ4n) is 2.45. The molecule has 0 bridgehead atoms. The van der Waals surface area contributed by atoms with E-state index in [4.69, 9.17) is 4.42 Å². The molecule has 0 radical (unpaired) electrons. The van der Waals surface area contributed by atoms with E-state index in [1.54, 1.807) is 13.2 Å². The Kier molecular flexibility index (Phi) is 5.51. The zero-order chi connectivity index (χ0) is 17.5. The molecule has 1 aromatic carbocycles. The van der Waals surface area contributed by atoms with E-state index in [1.165, 1.54) is 5.56 Å². The molecular formula is C19H23N5O. The molecule has 130 valence electrons. The van der Waals surface area contributed by atoms with Crippen LogP contribution in [-0.4, -0.2) is 29.1 Å². The Morgan fingerprint density at radius 2 is 1.92 bits per heavy atom. The molecule has 25 heavy (non-hydrogen) atoms. The van der Waals surface area contributed by atoms with Gasteiger partial charge in [0.25, 0.3) is 0 Å². The van der Waals surface area contributed by atoms with Gasteiger partial charge in [-0.15, -0.1) is 0 Å². The summed E-state index contributed by atoms with van der Waals surface area (Å²) >= 11 is 0. The lowest BCUT2D eigenvalue weighted by Gasteiger charge is -2.11. The van der Waals surface area contributed by atoms with Gasteiger partial charge in [-0.1, -0.05) is 29.8 Å². The summed E-state index contributed by atoms with van der Waals surface area (Å²) in [7, 11) is 1.75. The Hall–Kier alpha value is -3.02. The molecule has 2 heterocycles. The normalized spacial score (nSPS) is 11.5. The van der Waals surface area contributed by atoms with E-state index in [1.807, 2.05) is 36.7 Å². The van der Waals surface area contributed by atoms with Crippen molar-refractivity contribution >= 4 is 5.96 Å². The average Bonchev–Trinajstić information content (AvgIpc) is 3.30. The highest BCUT2D eigenvalue weighted by Crippen LogP contribution is 2.20. The number of rotatable bonds is 6. The van der Waals surface area contributed by atoms with Gasteiger partial charge in [0.15, 0.2) is 11.7 Å². The molecule has 3 aromatic rings. The number of nitrogens with zero attached hydrogens (tertiary/aromatic N) is 3. The first-order valence-electron chi connectivity index (χ1n) is 8.31. The van der Waals surface area contributed by atoms with Crippen molar-refractivity contribution in [1.82, 2.24) is 20.2 Å². The van der Waals surface area contributed by atoms with Crippen LogP contribution < -0.4 is 10.6 Å². The maximum absolute atomic E-state index is 5.81. The largest absolute Gasteiger partial charge is 0.439 e. The number of hydrogen-bond donors (Lipinski definition) is 2. The first kappa shape index (κ1) is 16.8. The van der Waals surface area contributed by atoms with Crippen molar-refractivity contribution in [2.24, 2.45) is 4.99 Å².